The van der Waals surface area contributed by atoms with Gasteiger partial charge in [0.2, 0.25) is 11.8 Å². The smallest absolute Gasteiger partial charge is 0.234 e. The molecule has 0 radical (unpaired) electrons. The van der Waals surface area contributed by atoms with Crippen molar-refractivity contribution in [3.8, 4) is 0 Å². The Kier molecular flexibility index (Phi) is 7.69. The van der Waals surface area contributed by atoms with Crippen LogP contribution < -0.4 is 5.32 Å². The van der Waals surface area contributed by atoms with Crippen LogP contribution in [-0.4, -0.2) is 33.7 Å². The van der Waals surface area contributed by atoms with Gasteiger partial charge in [0, 0.05) is 13.0 Å². The summed E-state index contributed by atoms with van der Waals surface area (Å²) in [6.45, 7) is 0.645. The number of nitrogens with one attached hydrogen (secondary N) is 1. The van der Waals surface area contributed by atoms with E-state index < -0.39 is 11.1 Å². The minimum atomic E-state index is -0.632. The molecule has 1 saturated heterocycles. The monoisotopic (exact) mass is 479 g/mol. The van der Waals surface area contributed by atoms with Gasteiger partial charge < -0.3 is 5.32 Å². The highest BCUT2D eigenvalue weighted by Gasteiger charge is 2.35. The first-order chi connectivity index (χ1) is 16.5. The fourth-order valence-electron chi connectivity index (χ4n) is 3.48. The van der Waals surface area contributed by atoms with Crippen molar-refractivity contribution in [2.24, 2.45) is 4.99 Å². The molecule has 8 heteroatoms. The number of amides is 2. The van der Waals surface area contributed by atoms with E-state index in [9.17, 15) is 18.4 Å². The number of thioether (sulfide) groups is 1. The highest BCUT2D eigenvalue weighted by Crippen LogP contribution is 2.30. The summed E-state index contributed by atoms with van der Waals surface area (Å²) in [5.41, 5.74) is 2.30. The number of hydrogen-bond acceptors (Lipinski definition) is 4. The van der Waals surface area contributed by atoms with Crippen LogP contribution in [0.1, 0.15) is 17.5 Å². The van der Waals surface area contributed by atoms with E-state index >= 15 is 0 Å². The van der Waals surface area contributed by atoms with E-state index in [2.05, 4.69) is 10.3 Å². The molecule has 174 valence electrons. The second kappa shape index (κ2) is 11.1. The molecule has 1 aliphatic rings. The van der Waals surface area contributed by atoms with E-state index in [0.29, 0.717) is 23.8 Å². The van der Waals surface area contributed by atoms with Gasteiger partial charge in [-0.2, -0.15) is 0 Å². The van der Waals surface area contributed by atoms with Crippen molar-refractivity contribution >= 4 is 34.4 Å². The maximum atomic E-state index is 13.3. The first kappa shape index (κ1) is 23.6. The molecule has 3 aromatic rings. The summed E-state index contributed by atoms with van der Waals surface area (Å²) >= 11 is 1.19. The molecule has 0 aromatic heterocycles. The molecule has 1 N–H and O–H groups in total. The molecule has 4 rings (SSSR count). The van der Waals surface area contributed by atoms with Gasteiger partial charge in [-0.3, -0.25) is 14.5 Å². The number of benzene rings is 3. The summed E-state index contributed by atoms with van der Waals surface area (Å²) in [6, 6.07) is 21.3. The second-order valence-electron chi connectivity index (χ2n) is 7.81. The molecule has 1 aliphatic heterocycles. The van der Waals surface area contributed by atoms with Gasteiger partial charge in [0.1, 0.15) is 11.6 Å². The molecule has 1 heterocycles. The summed E-state index contributed by atoms with van der Waals surface area (Å²) in [5.74, 6) is -1.25. The van der Waals surface area contributed by atoms with Gasteiger partial charge in [-0.25, -0.2) is 13.8 Å². The van der Waals surface area contributed by atoms with E-state index in [1.165, 1.54) is 53.1 Å². The first-order valence-electron chi connectivity index (χ1n) is 10.9. The Morgan fingerprint density at radius 1 is 0.941 bits per heavy atom. The number of rotatable bonds is 7. The van der Waals surface area contributed by atoms with Crippen molar-refractivity contribution < 1.29 is 18.4 Å². The number of aliphatic imine (C=N–C) groups is 1. The Labute approximate surface area is 200 Å². The first-order valence-corrected chi connectivity index (χ1v) is 11.7. The van der Waals surface area contributed by atoms with Gasteiger partial charge >= 0.3 is 0 Å². The minimum absolute atomic E-state index is 0.0193. The summed E-state index contributed by atoms with van der Waals surface area (Å²) in [5, 5.41) is 2.62. The van der Waals surface area contributed by atoms with Crippen molar-refractivity contribution in [1.29, 1.82) is 0 Å². The van der Waals surface area contributed by atoms with E-state index in [4.69, 9.17) is 0 Å². The lowest BCUT2D eigenvalue weighted by molar-refractivity contribution is -0.130. The minimum Gasteiger partial charge on any atom is -0.355 e. The standard InChI is InChI=1S/C26H23F2N3O2S/c27-20-8-6-19(7-9-20)17-31-24(32)16-23(25(33)29-15-14-18-4-2-1-3-5-18)34-26(31)30-22-12-10-21(28)11-13-22/h1-13,23H,14-17H2,(H,29,33). The Morgan fingerprint density at radius 2 is 1.59 bits per heavy atom. The molecular weight excluding hydrogens is 456 g/mol. The molecule has 0 aliphatic carbocycles. The van der Waals surface area contributed by atoms with Crippen molar-refractivity contribution in [3.05, 3.63) is 102 Å². The molecular formula is C26H23F2N3O2S. The average Bonchev–Trinajstić information content (AvgIpc) is 2.84. The molecule has 0 bridgehead atoms. The van der Waals surface area contributed by atoms with Gasteiger partial charge in [-0.05, 0) is 53.9 Å². The molecule has 3 aromatic carbocycles. The molecule has 0 saturated carbocycles. The predicted molar refractivity (Wildman–Crippen MR) is 130 cm³/mol. The normalized spacial score (nSPS) is 17.1. The van der Waals surface area contributed by atoms with Gasteiger partial charge in [0.15, 0.2) is 5.17 Å². The summed E-state index contributed by atoms with van der Waals surface area (Å²) < 4.78 is 26.6. The highest BCUT2D eigenvalue weighted by atomic mass is 32.2. The molecule has 34 heavy (non-hydrogen) atoms. The zero-order valence-corrected chi connectivity index (χ0v) is 19.1. The van der Waals surface area contributed by atoms with E-state index in [1.807, 2.05) is 30.3 Å². The van der Waals surface area contributed by atoms with Crippen LogP contribution in [-0.2, 0) is 22.6 Å². The lowest BCUT2D eigenvalue weighted by Crippen LogP contribution is -2.46. The van der Waals surface area contributed by atoms with E-state index in [-0.39, 0.29) is 30.6 Å². The number of carbonyl (C=O) groups excluding carboxylic acids is 2. The van der Waals surface area contributed by atoms with Crippen LogP contribution >= 0.6 is 11.8 Å². The summed E-state index contributed by atoms with van der Waals surface area (Å²) in [7, 11) is 0. The molecule has 1 fully saturated rings. The quantitative estimate of drug-likeness (QED) is 0.527. The molecule has 5 nitrogen and oxygen atoms in total. The van der Waals surface area contributed by atoms with Crippen molar-refractivity contribution in [2.75, 3.05) is 6.54 Å². The largest absolute Gasteiger partial charge is 0.355 e. The molecule has 0 spiro atoms. The number of halogens is 2. The highest BCUT2D eigenvalue weighted by molar-refractivity contribution is 8.15. The third-order valence-corrected chi connectivity index (χ3v) is 6.48. The lowest BCUT2D eigenvalue weighted by Gasteiger charge is -2.32. The van der Waals surface area contributed by atoms with Gasteiger partial charge in [-0.15, -0.1) is 0 Å². The average molecular weight is 480 g/mol. The fraction of sp³-hybridized carbons (Fsp3) is 0.192. The maximum absolute atomic E-state index is 13.3. The number of hydrogen-bond donors (Lipinski definition) is 1. The van der Waals surface area contributed by atoms with Crippen molar-refractivity contribution in [1.82, 2.24) is 10.2 Å². The van der Waals surface area contributed by atoms with Crippen molar-refractivity contribution in [2.45, 2.75) is 24.6 Å². The zero-order chi connectivity index (χ0) is 23.9. The third kappa shape index (κ3) is 6.29. The van der Waals surface area contributed by atoms with Crippen molar-refractivity contribution in [3.63, 3.8) is 0 Å². The van der Waals surface area contributed by atoms with Gasteiger partial charge in [0.25, 0.3) is 0 Å². The Balaban J connectivity index is 1.49. The van der Waals surface area contributed by atoms with Crippen LogP contribution in [0.2, 0.25) is 0 Å². The fourth-order valence-corrected chi connectivity index (χ4v) is 4.61. The van der Waals surface area contributed by atoms with E-state index in [0.717, 1.165) is 11.1 Å². The van der Waals surface area contributed by atoms with Crippen LogP contribution in [0, 0.1) is 11.6 Å². The van der Waals surface area contributed by atoms with E-state index in [1.54, 1.807) is 12.1 Å². The maximum Gasteiger partial charge on any atom is 0.234 e. The summed E-state index contributed by atoms with van der Waals surface area (Å²) in [6.07, 6.45) is 0.705. The SMILES string of the molecule is O=C(NCCc1ccccc1)C1CC(=O)N(Cc2ccc(F)cc2)C(=Nc2ccc(F)cc2)S1. The molecule has 2 amide bonds. The Bertz CT molecular complexity index is 1170. The Morgan fingerprint density at radius 3 is 2.26 bits per heavy atom. The van der Waals surface area contributed by atoms with Crippen LogP contribution in [0.3, 0.4) is 0 Å². The number of carbonyl (C=O) groups is 2. The van der Waals surface area contributed by atoms with Crippen LogP contribution in [0.15, 0.2) is 83.9 Å². The molecule has 1 atom stereocenters. The van der Waals surface area contributed by atoms with Crippen LogP contribution in [0.25, 0.3) is 0 Å². The number of nitrogens with zero attached hydrogens (tertiary/aromatic N) is 2. The Hall–Kier alpha value is -3.52. The van der Waals surface area contributed by atoms with Crippen LogP contribution in [0.5, 0.6) is 0 Å². The summed E-state index contributed by atoms with van der Waals surface area (Å²) in [4.78, 5) is 31.9. The number of amidine groups is 1. The van der Waals surface area contributed by atoms with Crippen LogP contribution in [0.4, 0.5) is 14.5 Å². The zero-order valence-electron chi connectivity index (χ0n) is 18.3. The third-order valence-electron chi connectivity index (χ3n) is 5.29. The topological polar surface area (TPSA) is 61.8 Å². The lowest BCUT2D eigenvalue weighted by atomic mass is 10.1. The van der Waals surface area contributed by atoms with Gasteiger partial charge in [0.05, 0.1) is 17.5 Å². The predicted octanol–water partition coefficient (Wildman–Crippen LogP) is 4.85. The van der Waals surface area contributed by atoms with Gasteiger partial charge in [-0.1, -0.05) is 54.2 Å². The molecule has 1 unspecified atom stereocenters. The second-order valence-corrected chi connectivity index (χ2v) is 8.98.